The first-order valence-electron chi connectivity index (χ1n) is 7.96. The second kappa shape index (κ2) is 7.27. The highest BCUT2D eigenvalue weighted by Crippen LogP contribution is 2.28. The van der Waals surface area contributed by atoms with Crippen molar-refractivity contribution < 1.29 is 14.3 Å². The summed E-state index contributed by atoms with van der Waals surface area (Å²) in [6.45, 7) is 0.818. The minimum atomic E-state index is -0.394. The van der Waals surface area contributed by atoms with E-state index < -0.39 is 5.97 Å². The van der Waals surface area contributed by atoms with E-state index in [-0.39, 0.29) is 17.9 Å². The van der Waals surface area contributed by atoms with Gasteiger partial charge in [0.15, 0.2) is 0 Å². The summed E-state index contributed by atoms with van der Waals surface area (Å²) in [7, 11) is 1.34. The zero-order chi connectivity index (χ0) is 16.9. The molecule has 0 saturated carbocycles. The van der Waals surface area contributed by atoms with Crippen molar-refractivity contribution in [3.05, 3.63) is 65.7 Å². The molecule has 0 spiro atoms. The highest BCUT2D eigenvalue weighted by atomic mass is 16.5. The Morgan fingerprint density at radius 3 is 2.46 bits per heavy atom. The Kier molecular flexibility index (Phi) is 4.91. The molecule has 0 radical (unpaired) electrons. The summed E-state index contributed by atoms with van der Waals surface area (Å²) in [5, 5.41) is 6.19. The lowest BCUT2D eigenvalue weighted by molar-refractivity contribution is -0.118. The number of benzene rings is 2. The molecule has 0 aliphatic carbocycles. The van der Waals surface area contributed by atoms with Crippen LogP contribution in [0, 0.1) is 0 Å². The Balaban J connectivity index is 1.69. The van der Waals surface area contributed by atoms with Crippen LogP contribution in [0.1, 0.15) is 28.3 Å². The van der Waals surface area contributed by atoms with Crippen molar-refractivity contribution in [1.29, 1.82) is 0 Å². The van der Waals surface area contributed by atoms with Crippen LogP contribution in [0.5, 0.6) is 0 Å². The normalized spacial score (nSPS) is 19.7. The summed E-state index contributed by atoms with van der Waals surface area (Å²) < 4.78 is 4.67. The third-order valence-corrected chi connectivity index (χ3v) is 4.31. The van der Waals surface area contributed by atoms with Crippen molar-refractivity contribution in [2.24, 2.45) is 0 Å². The summed E-state index contributed by atoms with van der Waals surface area (Å²) in [5.41, 5.74) is 2.29. The maximum Gasteiger partial charge on any atom is 0.337 e. The number of nitrogens with one attached hydrogen (secondary N) is 2. The van der Waals surface area contributed by atoms with Gasteiger partial charge in [0.1, 0.15) is 0 Å². The van der Waals surface area contributed by atoms with Gasteiger partial charge < -0.3 is 15.4 Å². The highest BCUT2D eigenvalue weighted by molar-refractivity contribution is 5.96. The molecule has 5 nitrogen and oxygen atoms in total. The molecule has 1 heterocycles. The van der Waals surface area contributed by atoms with Gasteiger partial charge in [-0.25, -0.2) is 4.79 Å². The molecule has 0 bridgehead atoms. The van der Waals surface area contributed by atoms with E-state index in [4.69, 9.17) is 0 Å². The molecule has 0 aromatic heterocycles. The van der Waals surface area contributed by atoms with Crippen LogP contribution in [0.2, 0.25) is 0 Å². The minimum Gasteiger partial charge on any atom is -0.465 e. The van der Waals surface area contributed by atoms with Gasteiger partial charge in [0.25, 0.3) is 0 Å². The minimum absolute atomic E-state index is 0.0628. The summed E-state index contributed by atoms with van der Waals surface area (Å²) in [5.74, 6) is -0.290. The lowest BCUT2D eigenvalue weighted by Gasteiger charge is -2.19. The Labute approximate surface area is 141 Å². The Bertz CT molecular complexity index is 713. The van der Waals surface area contributed by atoms with E-state index in [9.17, 15) is 9.59 Å². The monoisotopic (exact) mass is 324 g/mol. The predicted molar refractivity (Wildman–Crippen MR) is 92.0 cm³/mol. The second-order valence-corrected chi connectivity index (χ2v) is 5.80. The number of anilines is 1. The number of hydrogen-bond donors (Lipinski definition) is 2. The van der Waals surface area contributed by atoms with Gasteiger partial charge in [-0.1, -0.05) is 30.3 Å². The topological polar surface area (TPSA) is 67.4 Å². The van der Waals surface area contributed by atoms with Crippen molar-refractivity contribution in [3.8, 4) is 0 Å². The maximum atomic E-state index is 12.6. The highest BCUT2D eigenvalue weighted by Gasteiger charge is 2.33. The van der Waals surface area contributed by atoms with Crippen LogP contribution in [0.15, 0.2) is 54.6 Å². The van der Waals surface area contributed by atoms with E-state index in [1.807, 2.05) is 18.2 Å². The number of esters is 1. The number of carbonyl (C=O) groups is 2. The summed E-state index contributed by atoms with van der Waals surface area (Å²) in [6, 6.07) is 16.5. The van der Waals surface area contributed by atoms with E-state index in [1.165, 1.54) is 12.7 Å². The predicted octanol–water partition coefficient (Wildman–Crippen LogP) is 2.56. The molecular weight excluding hydrogens is 304 g/mol. The van der Waals surface area contributed by atoms with Gasteiger partial charge in [-0.3, -0.25) is 4.79 Å². The molecule has 1 amide bonds. The van der Waals surface area contributed by atoms with Gasteiger partial charge >= 0.3 is 5.97 Å². The van der Waals surface area contributed by atoms with Crippen LogP contribution in [-0.4, -0.2) is 31.6 Å². The van der Waals surface area contributed by atoms with E-state index in [0.29, 0.717) is 11.3 Å². The summed E-state index contributed by atoms with van der Waals surface area (Å²) in [4.78, 5) is 24.0. The van der Waals surface area contributed by atoms with E-state index in [1.54, 1.807) is 24.3 Å². The maximum absolute atomic E-state index is 12.6. The van der Waals surface area contributed by atoms with E-state index in [2.05, 4.69) is 27.5 Å². The van der Waals surface area contributed by atoms with Crippen molar-refractivity contribution in [2.45, 2.75) is 18.4 Å². The molecule has 1 fully saturated rings. The number of rotatable bonds is 4. The van der Waals surface area contributed by atoms with Gasteiger partial charge in [0.2, 0.25) is 5.91 Å². The van der Waals surface area contributed by atoms with Crippen LogP contribution in [0.3, 0.4) is 0 Å². The zero-order valence-corrected chi connectivity index (χ0v) is 13.5. The first-order chi connectivity index (χ1) is 11.7. The molecular formula is C19H20N2O3. The lowest BCUT2D eigenvalue weighted by atomic mass is 9.91. The van der Waals surface area contributed by atoms with Crippen molar-refractivity contribution in [3.63, 3.8) is 0 Å². The SMILES string of the molecule is COC(=O)c1ccc(NC(=O)[C@H]2NCC[C@H]2c2ccccc2)cc1. The smallest absolute Gasteiger partial charge is 0.337 e. The molecule has 2 atom stereocenters. The molecule has 24 heavy (non-hydrogen) atoms. The van der Waals surface area contributed by atoms with Gasteiger partial charge in [-0.05, 0) is 42.8 Å². The average molecular weight is 324 g/mol. The molecule has 124 valence electrons. The third-order valence-electron chi connectivity index (χ3n) is 4.31. The molecule has 0 unspecified atom stereocenters. The van der Waals surface area contributed by atoms with E-state index >= 15 is 0 Å². The van der Waals surface area contributed by atoms with Gasteiger partial charge in [0, 0.05) is 11.6 Å². The number of hydrogen-bond acceptors (Lipinski definition) is 4. The number of amides is 1. The molecule has 2 aromatic carbocycles. The average Bonchev–Trinajstić information content (AvgIpc) is 3.12. The Hall–Kier alpha value is -2.66. The third kappa shape index (κ3) is 3.46. The quantitative estimate of drug-likeness (QED) is 0.848. The Morgan fingerprint density at radius 2 is 1.79 bits per heavy atom. The van der Waals surface area contributed by atoms with Crippen molar-refractivity contribution >= 4 is 17.6 Å². The summed E-state index contributed by atoms with van der Waals surface area (Å²) in [6.07, 6.45) is 0.934. The number of ether oxygens (including phenoxy) is 1. The molecule has 5 heteroatoms. The fraction of sp³-hybridized carbons (Fsp3) is 0.263. The fourth-order valence-corrected chi connectivity index (χ4v) is 3.07. The first-order valence-corrected chi connectivity index (χ1v) is 7.96. The molecule has 1 saturated heterocycles. The van der Waals surface area contributed by atoms with Crippen LogP contribution < -0.4 is 10.6 Å². The van der Waals surface area contributed by atoms with Gasteiger partial charge in [-0.15, -0.1) is 0 Å². The van der Waals surface area contributed by atoms with Gasteiger partial charge in [0.05, 0.1) is 18.7 Å². The van der Waals surface area contributed by atoms with Crippen LogP contribution in [-0.2, 0) is 9.53 Å². The van der Waals surface area contributed by atoms with Crippen molar-refractivity contribution in [1.82, 2.24) is 5.32 Å². The molecule has 3 rings (SSSR count). The van der Waals surface area contributed by atoms with Crippen LogP contribution in [0.25, 0.3) is 0 Å². The Morgan fingerprint density at radius 1 is 1.08 bits per heavy atom. The van der Waals surface area contributed by atoms with Crippen LogP contribution >= 0.6 is 0 Å². The molecule has 2 aromatic rings. The van der Waals surface area contributed by atoms with E-state index in [0.717, 1.165) is 13.0 Å². The molecule has 2 N–H and O–H groups in total. The largest absolute Gasteiger partial charge is 0.465 e. The summed E-state index contributed by atoms with van der Waals surface area (Å²) >= 11 is 0. The second-order valence-electron chi connectivity index (χ2n) is 5.80. The first kappa shape index (κ1) is 16.2. The van der Waals surface area contributed by atoms with Crippen LogP contribution in [0.4, 0.5) is 5.69 Å². The standard InChI is InChI=1S/C19H20N2O3/c1-24-19(23)14-7-9-15(10-8-14)21-18(22)17-16(11-12-20-17)13-5-3-2-4-6-13/h2-10,16-17,20H,11-12H2,1H3,(H,21,22)/t16-,17-/m0/s1. The van der Waals surface area contributed by atoms with Crippen molar-refractivity contribution in [2.75, 3.05) is 19.0 Å². The fourth-order valence-electron chi connectivity index (χ4n) is 3.07. The van der Waals surface area contributed by atoms with Gasteiger partial charge in [-0.2, -0.15) is 0 Å². The molecule has 1 aliphatic heterocycles. The zero-order valence-electron chi connectivity index (χ0n) is 13.5. The lowest BCUT2D eigenvalue weighted by Crippen LogP contribution is -2.39. The number of carbonyl (C=O) groups excluding carboxylic acids is 2. The molecule has 1 aliphatic rings. The number of methoxy groups -OCH3 is 1.